The number of aryl methyl sites for hydroxylation is 4. The number of likely N-dealkylation sites (tertiary alicyclic amines) is 4. The Hall–Kier alpha value is -5.87. The molecular formula is C69H102N8O15S2. The predicted octanol–water partition coefficient (Wildman–Crippen LogP) is 8.49. The average Bonchev–Trinajstić information content (AvgIpc) is 0.792. The van der Waals surface area contributed by atoms with E-state index in [0.717, 1.165) is 75.8 Å². The number of benzene rings is 2. The van der Waals surface area contributed by atoms with Gasteiger partial charge < -0.3 is 57.9 Å². The van der Waals surface area contributed by atoms with Crippen LogP contribution in [0.2, 0.25) is 0 Å². The smallest absolute Gasteiger partial charge is 0.410 e. The van der Waals surface area contributed by atoms with Gasteiger partial charge in [0.25, 0.3) is 0 Å². The highest BCUT2D eigenvalue weighted by molar-refractivity contribution is 7.89. The van der Waals surface area contributed by atoms with E-state index in [9.17, 15) is 31.2 Å². The molecule has 2 aromatic heterocycles. The highest BCUT2D eigenvalue weighted by Crippen LogP contribution is 2.40. The molecule has 8 heterocycles. The number of pyridine rings is 2. The number of ether oxygens (including phenoxy) is 7. The number of rotatable bonds is 24. The zero-order chi connectivity index (χ0) is 67.7. The summed E-state index contributed by atoms with van der Waals surface area (Å²) in [7, 11) is -4.32. The molecule has 2 amide bonds. The van der Waals surface area contributed by atoms with Crippen LogP contribution in [-0.4, -0.2) is 228 Å². The Morgan fingerprint density at radius 3 is 1.32 bits per heavy atom. The van der Waals surface area contributed by atoms with E-state index in [1.165, 1.54) is 30.2 Å². The molecule has 25 heteroatoms. The molecule has 0 unspecified atom stereocenters. The topological polar surface area (TPSA) is 250 Å². The van der Waals surface area contributed by atoms with E-state index in [4.69, 9.17) is 38.3 Å². The Morgan fingerprint density at radius 2 is 0.968 bits per heavy atom. The van der Waals surface area contributed by atoms with Gasteiger partial charge in [-0.1, -0.05) is 25.0 Å². The lowest BCUT2D eigenvalue weighted by molar-refractivity contribution is -0.145. The van der Waals surface area contributed by atoms with Crippen LogP contribution in [0.3, 0.4) is 0 Å². The van der Waals surface area contributed by atoms with E-state index in [2.05, 4.69) is 31.9 Å². The number of hydrogen-bond acceptors (Lipinski definition) is 18. The maximum absolute atomic E-state index is 13.8. The van der Waals surface area contributed by atoms with Crippen LogP contribution in [0, 0.1) is 27.7 Å². The third-order valence-corrected chi connectivity index (χ3v) is 23.2. The molecule has 4 aromatic rings. The van der Waals surface area contributed by atoms with Crippen LogP contribution in [0.15, 0.2) is 83.1 Å². The molecule has 0 saturated carbocycles. The highest BCUT2D eigenvalue weighted by Gasteiger charge is 2.43. The average molecular weight is 1350 g/mol. The second-order valence-electron chi connectivity index (χ2n) is 26.5. The second kappa shape index (κ2) is 33.9. The molecule has 23 nitrogen and oxygen atoms in total. The first kappa shape index (κ1) is 73.9. The first-order valence-electron chi connectivity index (χ1n) is 33.4. The Balaban J connectivity index is 0.000000192. The quantitative estimate of drug-likeness (QED) is 0.0690. The lowest BCUT2D eigenvalue weighted by Crippen LogP contribution is -2.49. The summed E-state index contributed by atoms with van der Waals surface area (Å²) >= 11 is 0. The molecule has 520 valence electrons. The lowest BCUT2D eigenvalue weighted by Gasteiger charge is -2.42. The summed E-state index contributed by atoms with van der Waals surface area (Å²) in [5.41, 5.74) is 3.46. The van der Waals surface area contributed by atoms with Gasteiger partial charge in [0.05, 0.1) is 61.6 Å². The number of carboxylic acids is 1. The van der Waals surface area contributed by atoms with Gasteiger partial charge >= 0.3 is 12.1 Å². The first-order chi connectivity index (χ1) is 44.9. The zero-order valence-corrected chi connectivity index (χ0v) is 58.5. The Kier molecular flexibility index (Phi) is 26.6. The van der Waals surface area contributed by atoms with Crippen molar-refractivity contribution in [1.82, 2.24) is 38.2 Å². The van der Waals surface area contributed by atoms with E-state index >= 15 is 0 Å². The van der Waals surface area contributed by atoms with Crippen LogP contribution >= 0.6 is 0 Å². The molecule has 1 N–H and O–H groups in total. The molecule has 6 saturated heterocycles. The molecule has 6 fully saturated rings. The highest BCUT2D eigenvalue weighted by atomic mass is 32.2. The van der Waals surface area contributed by atoms with Gasteiger partial charge in [-0.2, -0.15) is 8.61 Å². The van der Waals surface area contributed by atoms with Crippen molar-refractivity contribution in [2.24, 2.45) is 0 Å². The molecule has 0 bridgehead atoms. The summed E-state index contributed by atoms with van der Waals surface area (Å²) < 4.78 is 97.3. The SMILES string of the molecule is CC(C)(C)OC(=O)N1CCC(OCCN2CCC2)(c2cccnc2)CC1.COc1cc(C)c(S(=O)(=O)N2CCCC[C@H]2COCC(=O)N2CCC(OCCN3CCC3)(c3cccnc3)CC2)c(C)c1.COc1cc(C)c(S(=O)(=O)N2CCCC[C@H]2COCC(=O)O)c(C)c1. The van der Waals surface area contributed by atoms with Gasteiger partial charge in [0.1, 0.15) is 30.3 Å². The summed E-state index contributed by atoms with van der Waals surface area (Å²) in [5.74, 6) is 0.119. The van der Waals surface area contributed by atoms with Crippen molar-refractivity contribution in [3.05, 3.63) is 107 Å². The molecule has 2 atom stereocenters. The summed E-state index contributed by atoms with van der Waals surface area (Å²) in [5, 5.41) is 8.70. The number of amides is 2. The van der Waals surface area contributed by atoms with Crippen LogP contribution in [-0.2, 0) is 64.5 Å². The van der Waals surface area contributed by atoms with Crippen LogP contribution < -0.4 is 9.47 Å². The van der Waals surface area contributed by atoms with Gasteiger partial charge in [-0.15, -0.1) is 0 Å². The molecule has 10 rings (SSSR count). The fourth-order valence-corrected chi connectivity index (χ4v) is 17.6. The number of methoxy groups -OCH3 is 2. The van der Waals surface area contributed by atoms with Crippen molar-refractivity contribution >= 4 is 38.0 Å². The number of aliphatic carboxylic acids is 1. The van der Waals surface area contributed by atoms with Gasteiger partial charge in [-0.25, -0.2) is 26.4 Å². The second-order valence-corrected chi connectivity index (χ2v) is 30.2. The lowest BCUT2D eigenvalue weighted by atomic mass is 9.85. The number of aromatic nitrogens is 2. The minimum absolute atomic E-state index is 0.0688. The third-order valence-electron chi connectivity index (χ3n) is 18.7. The number of carbonyl (C=O) groups is 3. The van der Waals surface area contributed by atoms with Gasteiger partial charge in [-0.05, 0) is 198 Å². The normalized spacial score (nSPS) is 20.5. The van der Waals surface area contributed by atoms with Gasteiger partial charge in [0.15, 0.2) is 0 Å². The Bertz CT molecular complexity index is 3290. The summed E-state index contributed by atoms with van der Waals surface area (Å²) in [6.07, 6.45) is 17.3. The number of carboxylic acid groups (broad SMARTS) is 1. The number of hydrogen-bond donors (Lipinski definition) is 1. The van der Waals surface area contributed by atoms with E-state index in [-0.39, 0.29) is 49.5 Å². The van der Waals surface area contributed by atoms with Crippen LogP contribution in [0.4, 0.5) is 4.79 Å². The molecule has 6 aliphatic heterocycles. The Morgan fingerprint density at radius 1 is 0.564 bits per heavy atom. The molecule has 6 aliphatic rings. The van der Waals surface area contributed by atoms with Gasteiger partial charge in [0.2, 0.25) is 26.0 Å². The zero-order valence-electron chi connectivity index (χ0n) is 56.9. The third kappa shape index (κ3) is 19.5. The number of sulfonamides is 2. The molecule has 0 radical (unpaired) electrons. The van der Waals surface area contributed by atoms with E-state index < -0.39 is 43.8 Å². The monoisotopic (exact) mass is 1350 g/mol. The van der Waals surface area contributed by atoms with Crippen molar-refractivity contribution in [2.75, 3.05) is 132 Å². The molecular weight excluding hydrogens is 1240 g/mol. The largest absolute Gasteiger partial charge is 0.497 e. The molecule has 94 heavy (non-hydrogen) atoms. The maximum Gasteiger partial charge on any atom is 0.410 e. The minimum Gasteiger partial charge on any atom is -0.497 e. The fraction of sp³-hybridized carbons (Fsp3) is 0.638. The van der Waals surface area contributed by atoms with Crippen LogP contribution in [0.1, 0.15) is 131 Å². The van der Waals surface area contributed by atoms with E-state index in [1.54, 1.807) is 87.8 Å². The van der Waals surface area contributed by atoms with E-state index in [0.29, 0.717) is 122 Å². The standard InChI is InChI=1S/C32H46N4O6S.C20H31N3O3.C17H25NO6S/c1-25-20-29(40-3)21-26(2)31(25)43(38,39)36-15-5-4-9-28(36)23-41-24-30(37)35-16-10-32(11-17-35,27-8-6-12-33-22-27)42-19-18-34-13-7-14-34;1-19(2,3)26-18(24)23-12-7-20(8-13-23,17-6-4-9-21-16-17)25-15-14-22-10-5-11-22;1-12-8-15(23-3)9-13(2)17(12)25(21,22)18-7-5-4-6-14(18)10-24-11-16(19)20/h6,8,12,20-22,28H,4-5,7,9-11,13-19,23-24H2,1-3H3;4,6,9,16H,5,7-8,10-15H2,1-3H3;8-9,14H,4-7,10-11H2,1-3H3,(H,19,20)/t28-;;14-/m0.0/s1. The predicted molar refractivity (Wildman–Crippen MR) is 356 cm³/mol. The van der Waals surface area contributed by atoms with Gasteiger partial charge in [0, 0.05) is 100 Å². The minimum atomic E-state index is -3.74. The number of piperidine rings is 4. The van der Waals surface area contributed by atoms with Gasteiger partial charge in [-0.3, -0.25) is 14.8 Å². The molecule has 0 spiro atoms. The van der Waals surface area contributed by atoms with Crippen molar-refractivity contribution in [3.63, 3.8) is 0 Å². The molecule has 2 aromatic carbocycles. The van der Waals surface area contributed by atoms with Crippen molar-refractivity contribution in [1.29, 1.82) is 0 Å². The van der Waals surface area contributed by atoms with E-state index in [1.807, 2.05) is 50.2 Å². The number of nitrogens with zero attached hydrogens (tertiary/aromatic N) is 8. The first-order valence-corrected chi connectivity index (χ1v) is 36.3. The summed E-state index contributed by atoms with van der Waals surface area (Å²) in [6.45, 7) is 23.7. The Labute approximate surface area is 557 Å². The van der Waals surface area contributed by atoms with Crippen molar-refractivity contribution < 1.29 is 69.5 Å². The fourth-order valence-electron chi connectivity index (χ4n) is 13.4. The number of carbonyl (C=O) groups excluding carboxylic acids is 2. The maximum atomic E-state index is 13.8. The van der Waals surface area contributed by atoms with Crippen molar-refractivity contribution in [2.45, 2.75) is 164 Å². The molecule has 0 aliphatic carbocycles. The van der Waals surface area contributed by atoms with Crippen LogP contribution in [0.5, 0.6) is 11.5 Å². The summed E-state index contributed by atoms with van der Waals surface area (Å²) in [4.78, 5) is 53.8. The van der Waals surface area contributed by atoms with Crippen molar-refractivity contribution in [3.8, 4) is 11.5 Å². The summed E-state index contributed by atoms with van der Waals surface area (Å²) in [6, 6.07) is 14.3. The van der Waals surface area contributed by atoms with Crippen LogP contribution in [0.25, 0.3) is 0 Å².